The molecule has 8 nitrogen and oxygen atoms in total. The number of hydrogen-bond acceptors (Lipinski definition) is 6. The number of fused-ring (bicyclic) bond motifs is 1. The van der Waals surface area contributed by atoms with Crippen LogP contribution in [0, 0.1) is 28.4 Å². The first-order valence-electron chi connectivity index (χ1n) is 8.58. The van der Waals surface area contributed by atoms with Crippen molar-refractivity contribution in [1.29, 1.82) is 5.26 Å². The van der Waals surface area contributed by atoms with Crippen molar-refractivity contribution in [3.63, 3.8) is 0 Å². The number of nitro benzene ring substituents is 1. The van der Waals surface area contributed by atoms with Crippen molar-refractivity contribution in [2.45, 2.75) is 12.8 Å². The molecular weight excluding hydrogens is 394 g/mol. The highest BCUT2D eigenvalue weighted by Crippen LogP contribution is 2.44. The molecule has 1 aromatic heterocycles. The van der Waals surface area contributed by atoms with Crippen LogP contribution in [0.4, 0.5) is 5.69 Å². The number of allylic oxidation sites excluding steroid dienone is 1. The number of nitro groups is 1. The summed E-state index contributed by atoms with van der Waals surface area (Å²) in [6.07, 6.45) is 0. The SMILES string of the molecule is Cc1nn(-c2cccc(Cl)c2)c2c1C(c1ccc([N+](=O)[O-])cc1)C(C#N)=C(N)O2. The highest BCUT2D eigenvalue weighted by molar-refractivity contribution is 6.30. The molecule has 2 N–H and O–H groups in total. The largest absolute Gasteiger partial charge is 0.422 e. The van der Waals surface area contributed by atoms with Crippen LogP contribution >= 0.6 is 11.6 Å². The minimum Gasteiger partial charge on any atom is -0.422 e. The number of ether oxygens (including phenoxy) is 1. The molecule has 1 aliphatic rings. The van der Waals surface area contributed by atoms with Gasteiger partial charge in [-0.25, -0.2) is 4.68 Å². The van der Waals surface area contributed by atoms with E-state index in [1.807, 2.05) is 6.07 Å². The minimum absolute atomic E-state index is 0.0356. The first kappa shape index (κ1) is 18.5. The maximum absolute atomic E-state index is 11.0. The molecule has 0 spiro atoms. The van der Waals surface area contributed by atoms with Crippen LogP contribution in [0.5, 0.6) is 5.88 Å². The van der Waals surface area contributed by atoms with Gasteiger partial charge in [-0.15, -0.1) is 0 Å². The first-order chi connectivity index (χ1) is 13.9. The van der Waals surface area contributed by atoms with E-state index in [0.29, 0.717) is 33.4 Å². The van der Waals surface area contributed by atoms with Gasteiger partial charge < -0.3 is 10.5 Å². The van der Waals surface area contributed by atoms with E-state index in [2.05, 4.69) is 11.2 Å². The number of hydrogen-bond donors (Lipinski definition) is 1. The predicted octanol–water partition coefficient (Wildman–Crippen LogP) is 3.96. The fourth-order valence-corrected chi connectivity index (χ4v) is 3.60. The molecule has 1 unspecified atom stereocenters. The lowest BCUT2D eigenvalue weighted by Gasteiger charge is -2.24. The molecule has 1 atom stereocenters. The monoisotopic (exact) mass is 407 g/mol. The summed E-state index contributed by atoms with van der Waals surface area (Å²) in [5.41, 5.74) is 8.90. The first-order valence-corrected chi connectivity index (χ1v) is 8.96. The fourth-order valence-electron chi connectivity index (χ4n) is 3.42. The number of rotatable bonds is 3. The smallest absolute Gasteiger partial charge is 0.269 e. The molecule has 0 radical (unpaired) electrons. The molecule has 3 aromatic rings. The Morgan fingerprint density at radius 1 is 1.31 bits per heavy atom. The maximum Gasteiger partial charge on any atom is 0.269 e. The minimum atomic E-state index is -0.558. The summed E-state index contributed by atoms with van der Waals surface area (Å²) < 4.78 is 7.36. The number of halogens is 1. The number of aromatic nitrogens is 2. The van der Waals surface area contributed by atoms with Gasteiger partial charge in [-0.2, -0.15) is 10.4 Å². The summed E-state index contributed by atoms with van der Waals surface area (Å²) in [5, 5.41) is 25.8. The Labute approximate surface area is 170 Å². The van der Waals surface area contributed by atoms with E-state index in [9.17, 15) is 15.4 Å². The second kappa shape index (κ2) is 6.96. The number of non-ortho nitro benzene ring substituents is 1. The molecule has 0 saturated carbocycles. The summed E-state index contributed by atoms with van der Waals surface area (Å²) in [6, 6.07) is 15.2. The second-order valence-electron chi connectivity index (χ2n) is 6.47. The van der Waals surface area contributed by atoms with E-state index in [4.69, 9.17) is 22.1 Å². The van der Waals surface area contributed by atoms with Crippen LogP contribution in [0.15, 0.2) is 60.0 Å². The van der Waals surface area contributed by atoms with Gasteiger partial charge in [0.05, 0.1) is 27.8 Å². The third kappa shape index (κ3) is 3.07. The van der Waals surface area contributed by atoms with Crippen LogP contribution in [0.3, 0.4) is 0 Å². The molecular formula is C20H14ClN5O3. The average molecular weight is 408 g/mol. The molecule has 0 aliphatic carbocycles. The molecule has 0 fully saturated rings. The van der Waals surface area contributed by atoms with E-state index < -0.39 is 10.8 Å². The molecule has 2 aromatic carbocycles. The highest BCUT2D eigenvalue weighted by atomic mass is 35.5. The van der Waals surface area contributed by atoms with Gasteiger partial charge in [0.25, 0.3) is 5.69 Å². The zero-order valence-corrected chi connectivity index (χ0v) is 15.9. The molecule has 0 amide bonds. The van der Waals surface area contributed by atoms with Crippen LogP contribution in [0.1, 0.15) is 22.7 Å². The lowest BCUT2D eigenvalue weighted by Crippen LogP contribution is -2.22. The standard InChI is InChI=1S/C20H14ClN5O3/c1-11-17-18(12-5-7-14(8-6-12)26(27)28)16(10-22)19(23)29-20(17)25(24-11)15-4-2-3-13(21)9-15/h2-9,18H,23H2,1H3. The third-order valence-corrected chi connectivity index (χ3v) is 4.96. The van der Waals surface area contributed by atoms with Gasteiger partial charge in [0.1, 0.15) is 11.6 Å². The normalized spacial score (nSPS) is 15.4. The van der Waals surface area contributed by atoms with Crippen molar-refractivity contribution in [2.24, 2.45) is 5.73 Å². The Morgan fingerprint density at radius 2 is 2.03 bits per heavy atom. The summed E-state index contributed by atoms with van der Waals surface area (Å²) in [7, 11) is 0. The number of aryl methyl sites for hydroxylation is 1. The zero-order chi connectivity index (χ0) is 20.7. The number of benzene rings is 2. The number of nitrogens with zero attached hydrogens (tertiary/aromatic N) is 4. The van der Waals surface area contributed by atoms with Gasteiger partial charge in [0.2, 0.25) is 11.8 Å². The van der Waals surface area contributed by atoms with Crippen LogP contribution in [0.2, 0.25) is 5.02 Å². The molecule has 0 saturated heterocycles. The Kier molecular flexibility index (Phi) is 4.45. The third-order valence-electron chi connectivity index (χ3n) is 4.72. The molecule has 1 aliphatic heterocycles. The lowest BCUT2D eigenvalue weighted by atomic mass is 9.84. The van der Waals surface area contributed by atoms with Gasteiger partial charge in [-0.05, 0) is 30.7 Å². The van der Waals surface area contributed by atoms with Gasteiger partial charge >= 0.3 is 0 Å². The number of nitrogens with two attached hydrogens (primary N) is 1. The predicted molar refractivity (Wildman–Crippen MR) is 106 cm³/mol. The molecule has 144 valence electrons. The van der Waals surface area contributed by atoms with Crippen molar-refractivity contribution in [2.75, 3.05) is 0 Å². The summed E-state index contributed by atoms with van der Waals surface area (Å²) >= 11 is 6.11. The Balaban J connectivity index is 1.91. The van der Waals surface area contributed by atoms with Crippen LogP contribution in [-0.2, 0) is 0 Å². The lowest BCUT2D eigenvalue weighted by molar-refractivity contribution is -0.384. The van der Waals surface area contributed by atoms with Gasteiger partial charge in [-0.1, -0.05) is 29.8 Å². The van der Waals surface area contributed by atoms with Crippen molar-refractivity contribution in [3.8, 4) is 17.6 Å². The van der Waals surface area contributed by atoms with E-state index in [0.717, 1.165) is 0 Å². The van der Waals surface area contributed by atoms with E-state index in [-0.39, 0.29) is 17.1 Å². The van der Waals surface area contributed by atoms with Crippen molar-refractivity contribution < 1.29 is 9.66 Å². The van der Waals surface area contributed by atoms with Crippen molar-refractivity contribution in [3.05, 3.63) is 91.9 Å². The summed E-state index contributed by atoms with van der Waals surface area (Å²) in [5.74, 6) is -0.214. The van der Waals surface area contributed by atoms with Gasteiger partial charge in [0, 0.05) is 17.2 Å². The van der Waals surface area contributed by atoms with Gasteiger partial charge in [-0.3, -0.25) is 10.1 Å². The quantitative estimate of drug-likeness (QED) is 0.518. The Morgan fingerprint density at radius 3 is 2.66 bits per heavy atom. The Hall–Kier alpha value is -3.83. The maximum atomic E-state index is 11.0. The zero-order valence-electron chi connectivity index (χ0n) is 15.2. The molecule has 9 heteroatoms. The summed E-state index contributed by atoms with van der Waals surface area (Å²) in [6.45, 7) is 1.80. The van der Waals surface area contributed by atoms with Gasteiger partial charge in [0.15, 0.2) is 0 Å². The summed E-state index contributed by atoms with van der Waals surface area (Å²) in [4.78, 5) is 10.5. The molecule has 4 rings (SSSR count). The molecule has 29 heavy (non-hydrogen) atoms. The van der Waals surface area contributed by atoms with Crippen LogP contribution in [0.25, 0.3) is 5.69 Å². The van der Waals surface area contributed by atoms with Crippen molar-refractivity contribution in [1.82, 2.24) is 9.78 Å². The van der Waals surface area contributed by atoms with Crippen LogP contribution in [-0.4, -0.2) is 14.7 Å². The molecule has 2 heterocycles. The van der Waals surface area contributed by atoms with E-state index in [1.54, 1.807) is 41.9 Å². The van der Waals surface area contributed by atoms with Crippen molar-refractivity contribution >= 4 is 17.3 Å². The fraction of sp³-hybridized carbons (Fsp3) is 0.100. The second-order valence-corrected chi connectivity index (χ2v) is 6.91. The van der Waals surface area contributed by atoms with E-state index >= 15 is 0 Å². The topological polar surface area (TPSA) is 120 Å². The van der Waals surface area contributed by atoms with E-state index in [1.165, 1.54) is 12.1 Å². The Bertz CT molecular complexity index is 1210. The molecule has 0 bridgehead atoms. The van der Waals surface area contributed by atoms with Crippen LogP contribution < -0.4 is 10.5 Å². The average Bonchev–Trinajstić information content (AvgIpc) is 3.03. The number of nitriles is 1. The highest BCUT2D eigenvalue weighted by Gasteiger charge is 2.36.